The van der Waals surface area contributed by atoms with Gasteiger partial charge in [0.15, 0.2) is 0 Å². The van der Waals surface area contributed by atoms with Crippen LogP contribution >= 0.6 is 0 Å². The van der Waals surface area contributed by atoms with Gasteiger partial charge in [0.2, 0.25) is 0 Å². The summed E-state index contributed by atoms with van der Waals surface area (Å²) >= 11 is 0. The molecule has 4 aromatic rings. The first-order valence-electron chi connectivity index (χ1n) is 21.4. The number of rotatable bonds is 11. The average Bonchev–Trinajstić information content (AvgIpc) is 3.53. The van der Waals surface area contributed by atoms with Crippen molar-refractivity contribution in [3.05, 3.63) is 120 Å². The van der Waals surface area contributed by atoms with Gasteiger partial charge in [0.05, 0.1) is 0 Å². The first-order chi connectivity index (χ1) is 25.7. The third kappa shape index (κ3) is 7.22. The second-order valence-electron chi connectivity index (χ2n) is 18.7. The molecule has 10 unspecified atom stereocenters. The van der Waals surface area contributed by atoms with E-state index in [1.165, 1.54) is 81.8 Å². The SMILES string of the molecule is CC(C)CCCC(C)C1CCC2C3CCC4C(c5ccc(Oc6ccccc6)cc5)C(c5ccc(Oc6ccccc6)cc5)CCC4(C)C3CCC12C. The van der Waals surface area contributed by atoms with Crippen molar-refractivity contribution < 1.29 is 9.47 Å². The molecule has 4 aromatic carbocycles. The lowest BCUT2D eigenvalue weighted by molar-refractivity contribution is -0.123. The van der Waals surface area contributed by atoms with E-state index in [0.29, 0.717) is 28.6 Å². The van der Waals surface area contributed by atoms with E-state index in [9.17, 15) is 0 Å². The van der Waals surface area contributed by atoms with Gasteiger partial charge in [-0.25, -0.2) is 0 Å². The molecule has 0 heterocycles. The number of hydrogen-bond acceptors (Lipinski definition) is 2. The summed E-state index contributed by atoms with van der Waals surface area (Å²) in [6.07, 6.45) is 15.4. The molecular formula is C51H64O2. The van der Waals surface area contributed by atoms with Crippen molar-refractivity contribution in [3.8, 4) is 23.0 Å². The van der Waals surface area contributed by atoms with E-state index in [-0.39, 0.29) is 0 Å². The number of benzene rings is 4. The van der Waals surface area contributed by atoms with Crippen molar-refractivity contribution in [1.82, 2.24) is 0 Å². The van der Waals surface area contributed by atoms with Crippen molar-refractivity contribution in [2.75, 3.05) is 0 Å². The number of ether oxygens (including phenoxy) is 2. The van der Waals surface area contributed by atoms with Crippen LogP contribution in [0.1, 0.15) is 128 Å². The van der Waals surface area contributed by atoms with Crippen LogP contribution in [0.2, 0.25) is 0 Å². The zero-order chi connectivity index (χ0) is 36.6. The fourth-order valence-electron chi connectivity index (χ4n) is 13.0. The Kier molecular flexibility index (Phi) is 10.5. The largest absolute Gasteiger partial charge is 0.457 e. The Bertz CT molecular complexity index is 1760. The van der Waals surface area contributed by atoms with Crippen LogP contribution in [-0.2, 0) is 0 Å². The van der Waals surface area contributed by atoms with Crippen LogP contribution in [0.3, 0.4) is 0 Å². The first kappa shape index (κ1) is 36.5. The van der Waals surface area contributed by atoms with Crippen LogP contribution in [0, 0.1) is 52.3 Å². The van der Waals surface area contributed by atoms with E-state index in [1.807, 2.05) is 60.7 Å². The summed E-state index contributed by atoms with van der Waals surface area (Å²) in [5.41, 5.74) is 3.87. The summed E-state index contributed by atoms with van der Waals surface area (Å²) in [4.78, 5) is 0. The minimum Gasteiger partial charge on any atom is -0.457 e. The second-order valence-corrected chi connectivity index (χ2v) is 18.7. The molecule has 0 saturated heterocycles. The molecule has 0 radical (unpaired) electrons. The minimum atomic E-state index is 0.377. The molecule has 4 saturated carbocycles. The lowest BCUT2D eigenvalue weighted by atomic mass is 9.41. The maximum Gasteiger partial charge on any atom is 0.127 e. The molecule has 0 aliphatic heterocycles. The summed E-state index contributed by atoms with van der Waals surface area (Å²) in [5.74, 6) is 10.5. The van der Waals surface area contributed by atoms with Crippen molar-refractivity contribution in [1.29, 1.82) is 0 Å². The highest BCUT2D eigenvalue weighted by Crippen LogP contribution is 2.71. The fraction of sp³-hybridized carbons (Fsp3) is 0.529. The summed E-state index contributed by atoms with van der Waals surface area (Å²) in [6, 6.07) is 38.7. The smallest absolute Gasteiger partial charge is 0.127 e. The van der Waals surface area contributed by atoms with E-state index in [1.54, 1.807) is 0 Å². The average molecular weight is 709 g/mol. The Morgan fingerprint density at radius 1 is 0.528 bits per heavy atom. The van der Waals surface area contributed by atoms with Crippen LogP contribution in [-0.4, -0.2) is 0 Å². The Labute approximate surface area is 321 Å². The zero-order valence-corrected chi connectivity index (χ0v) is 33.2. The highest BCUT2D eigenvalue weighted by Gasteiger charge is 2.62. The number of fused-ring (bicyclic) bond motifs is 5. The summed E-state index contributed by atoms with van der Waals surface area (Å²) < 4.78 is 12.5. The molecule has 0 amide bonds. The van der Waals surface area contributed by atoms with Gasteiger partial charge in [0.25, 0.3) is 0 Å². The van der Waals surface area contributed by atoms with Gasteiger partial charge >= 0.3 is 0 Å². The third-order valence-electron chi connectivity index (χ3n) is 15.5. The summed E-state index contributed by atoms with van der Waals surface area (Å²) in [7, 11) is 0. The Morgan fingerprint density at radius 3 is 1.66 bits per heavy atom. The molecule has 0 N–H and O–H groups in total. The van der Waals surface area contributed by atoms with Crippen molar-refractivity contribution in [2.24, 2.45) is 52.3 Å². The molecule has 4 aliphatic carbocycles. The van der Waals surface area contributed by atoms with E-state index in [0.717, 1.165) is 58.5 Å². The van der Waals surface area contributed by atoms with E-state index >= 15 is 0 Å². The number of hydrogen-bond donors (Lipinski definition) is 0. The molecule has 10 atom stereocenters. The summed E-state index contributed by atoms with van der Waals surface area (Å²) in [5, 5.41) is 0. The molecular weight excluding hydrogens is 645 g/mol. The fourth-order valence-corrected chi connectivity index (χ4v) is 13.0. The molecule has 53 heavy (non-hydrogen) atoms. The topological polar surface area (TPSA) is 18.5 Å². The predicted molar refractivity (Wildman–Crippen MR) is 220 cm³/mol. The van der Waals surface area contributed by atoms with Crippen LogP contribution in [0.15, 0.2) is 109 Å². The lowest BCUT2D eigenvalue weighted by Gasteiger charge is -2.63. The monoisotopic (exact) mass is 708 g/mol. The minimum absolute atomic E-state index is 0.377. The van der Waals surface area contributed by atoms with Gasteiger partial charge < -0.3 is 9.47 Å². The van der Waals surface area contributed by atoms with Gasteiger partial charge in [-0.15, -0.1) is 0 Å². The second kappa shape index (κ2) is 15.3. The molecule has 4 aliphatic rings. The Morgan fingerprint density at radius 2 is 1.06 bits per heavy atom. The first-order valence-corrected chi connectivity index (χ1v) is 21.4. The van der Waals surface area contributed by atoms with Gasteiger partial charge in [0.1, 0.15) is 23.0 Å². The van der Waals surface area contributed by atoms with Gasteiger partial charge in [-0.3, -0.25) is 0 Å². The zero-order valence-electron chi connectivity index (χ0n) is 33.2. The van der Waals surface area contributed by atoms with E-state index in [2.05, 4.69) is 83.1 Å². The lowest BCUT2D eigenvalue weighted by Crippen LogP contribution is -2.55. The van der Waals surface area contributed by atoms with Gasteiger partial charge in [-0.05, 0) is 175 Å². The van der Waals surface area contributed by atoms with E-state index < -0.39 is 0 Å². The molecule has 0 aromatic heterocycles. The van der Waals surface area contributed by atoms with Crippen LogP contribution in [0.5, 0.6) is 23.0 Å². The molecule has 8 rings (SSSR count). The highest BCUT2D eigenvalue weighted by atomic mass is 16.5. The molecule has 280 valence electrons. The van der Waals surface area contributed by atoms with Gasteiger partial charge in [0, 0.05) is 0 Å². The van der Waals surface area contributed by atoms with Crippen LogP contribution < -0.4 is 9.47 Å². The standard InChI is InChI=1S/C51H64O2/c1-35(2)13-12-14-36(3)45-29-30-46-44-27-28-48-49(38-21-25-42(26-22-38)53-40-17-10-7-11-18-40)43(31-33-51(48,5)47(44)32-34-50(45,46)4)37-19-23-41(24-20-37)52-39-15-8-6-9-16-39/h6-11,15-26,35-36,43-49H,12-14,27-34H2,1-5H3. The van der Waals surface area contributed by atoms with Gasteiger partial charge in [-0.2, -0.15) is 0 Å². The van der Waals surface area contributed by atoms with Gasteiger partial charge in [-0.1, -0.05) is 115 Å². The van der Waals surface area contributed by atoms with Crippen LogP contribution in [0.25, 0.3) is 0 Å². The van der Waals surface area contributed by atoms with E-state index in [4.69, 9.17) is 9.47 Å². The quantitative estimate of drug-likeness (QED) is 0.154. The molecule has 0 spiro atoms. The predicted octanol–water partition coefficient (Wildman–Crippen LogP) is 14.9. The van der Waals surface area contributed by atoms with Crippen LogP contribution in [0.4, 0.5) is 0 Å². The molecule has 2 nitrogen and oxygen atoms in total. The highest BCUT2D eigenvalue weighted by molar-refractivity contribution is 5.40. The Hall–Kier alpha value is -3.52. The molecule has 4 fully saturated rings. The van der Waals surface area contributed by atoms with Crippen molar-refractivity contribution >= 4 is 0 Å². The molecule has 2 heteroatoms. The normalized spacial score (nSPS) is 32.7. The van der Waals surface area contributed by atoms with Crippen molar-refractivity contribution in [2.45, 2.75) is 117 Å². The summed E-state index contributed by atoms with van der Waals surface area (Å²) in [6.45, 7) is 12.9. The molecule has 0 bridgehead atoms. The maximum absolute atomic E-state index is 6.28. The Balaban J connectivity index is 1.06. The third-order valence-corrected chi connectivity index (χ3v) is 15.5. The number of para-hydroxylation sites is 2. The van der Waals surface area contributed by atoms with Crippen molar-refractivity contribution in [3.63, 3.8) is 0 Å². The maximum atomic E-state index is 6.28.